The van der Waals surface area contributed by atoms with Gasteiger partial charge in [-0.1, -0.05) is 19.3 Å². The predicted octanol–water partition coefficient (Wildman–Crippen LogP) is 4.51. The summed E-state index contributed by atoms with van der Waals surface area (Å²) in [6, 6.07) is 2.00. The summed E-state index contributed by atoms with van der Waals surface area (Å²) in [4.78, 5) is 38.2. The highest BCUT2D eigenvalue weighted by Gasteiger charge is 2.50. The first-order valence-corrected chi connectivity index (χ1v) is 14.9. The van der Waals surface area contributed by atoms with Crippen LogP contribution >= 0.6 is 0 Å². The van der Waals surface area contributed by atoms with Gasteiger partial charge in [-0.3, -0.25) is 19.7 Å². The van der Waals surface area contributed by atoms with Crippen molar-refractivity contribution in [2.45, 2.75) is 102 Å². The molecule has 1 aromatic rings. The van der Waals surface area contributed by atoms with E-state index < -0.39 is 17.8 Å². The van der Waals surface area contributed by atoms with Crippen molar-refractivity contribution < 1.29 is 18.8 Å². The number of piperidine rings is 1. The van der Waals surface area contributed by atoms with E-state index in [4.69, 9.17) is 0 Å². The molecule has 1 saturated heterocycles. The van der Waals surface area contributed by atoms with E-state index in [0.29, 0.717) is 29.8 Å². The first-order valence-electron chi connectivity index (χ1n) is 14.9. The molecule has 7 rings (SSSR count). The van der Waals surface area contributed by atoms with Crippen LogP contribution < -0.4 is 16.0 Å². The molecule has 8 heteroatoms. The van der Waals surface area contributed by atoms with Crippen LogP contribution in [0.5, 0.6) is 0 Å². The monoisotopic (exact) mass is 524 g/mol. The average molecular weight is 525 g/mol. The Kier molecular flexibility index (Phi) is 7.18. The molecule has 38 heavy (non-hydrogen) atoms. The van der Waals surface area contributed by atoms with Crippen molar-refractivity contribution in [1.29, 1.82) is 0 Å². The Morgan fingerprint density at radius 3 is 2.26 bits per heavy atom. The number of unbranched alkanes of at least 4 members (excludes halogenated alkanes) is 4. The SMILES string of the molecule is O=C1CCC(N2Cc3c(NCCCCCCCNC45CC6CC(CC(C6)C4)C5)cc(F)cc3C2=O)C(=O)N1. The van der Waals surface area contributed by atoms with Crippen molar-refractivity contribution in [2.24, 2.45) is 17.8 Å². The molecule has 4 bridgehead atoms. The summed E-state index contributed by atoms with van der Waals surface area (Å²) in [5.41, 5.74) is 2.13. The molecule has 4 aliphatic carbocycles. The Morgan fingerprint density at radius 2 is 1.58 bits per heavy atom. The number of amides is 3. The molecule has 3 amide bonds. The van der Waals surface area contributed by atoms with Crippen LogP contribution in [0, 0.1) is 23.6 Å². The molecule has 3 N–H and O–H groups in total. The van der Waals surface area contributed by atoms with Crippen LogP contribution in [0.15, 0.2) is 12.1 Å². The van der Waals surface area contributed by atoms with E-state index in [-0.39, 0.29) is 24.8 Å². The van der Waals surface area contributed by atoms with E-state index in [2.05, 4.69) is 16.0 Å². The highest BCUT2D eigenvalue weighted by Crippen LogP contribution is 2.55. The molecule has 0 aromatic heterocycles. The van der Waals surface area contributed by atoms with E-state index in [9.17, 15) is 18.8 Å². The number of carbonyl (C=O) groups is 3. The van der Waals surface area contributed by atoms with E-state index in [1.807, 2.05) is 0 Å². The third-order valence-electron chi connectivity index (χ3n) is 9.83. The van der Waals surface area contributed by atoms with Crippen molar-refractivity contribution >= 4 is 23.4 Å². The van der Waals surface area contributed by atoms with Gasteiger partial charge in [-0.2, -0.15) is 0 Å². The summed E-state index contributed by atoms with van der Waals surface area (Å²) in [7, 11) is 0. The summed E-state index contributed by atoms with van der Waals surface area (Å²) in [5, 5.41) is 9.64. The molecule has 1 atom stereocenters. The van der Waals surface area contributed by atoms with Crippen LogP contribution in [0.1, 0.15) is 99.4 Å². The molecule has 2 heterocycles. The number of fused-ring (bicyclic) bond motifs is 1. The minimum Gasteiger partial charge on any atom is -0.385 e. The van der Waals surface area contributed by atoms with Crippen molar-refractivity contribution in [1.82, 2.24) is 15.5 Å². The maximum Gasteiger partial charge on any atom is 0.255 e. The molecule has 7 nitrogen and oxygen atoms in total. The van der Waals surface area contributed by atoms with Gasteiger partial charge in [-0.05, 0) is 94.2 Å². The van der Waals surface area contributed by atoms with Gasteiger partial charge >= 0.3 is 0 Å². The van der Waals surface area contributed by atoms with Gasteiger partial charge in [-0.15, -0.1) is 0 Å². The Morgan fingerprint density at radius 1 is 0.921 bits per heavy atom. The topological polar surface area (TPSA) is 90.5 Å². The van der Waals surface area contributed by atoms with Gasteiger partial charge in [0.15, 0.2) is 0 Å². The Bertz CT molecular complexity index is 1070. The third kappa shape index (κ3) is 5.21. The molecular weight excluding hydrogens is 483 g/mol. The zero-order valence-corrected chi connectivity index (χ0v) is 22.3. The van der Waals surface area contributed by atoms with Crippen LogP contribution in [0.2, 0.25) is 0 Å². The fourth-order valence-electron chi connectivity index (χ4n) is 8.47. The van der Waals surface area contributed by atoms with E-state index >= 15 is 0 Å². The summed E-state index contributed by atoms with van der Waals surface area (Å²) >= 11 is 0. The van der Waals surface area contributed by atoms with Gasteiger partial charge in [-0.25, -0.2) is 4.39 Å². The number of nitrogens with one attached hydrogen (secondary N) is 3. The summed E-state index contributed by atoms with van der Waals surface area (Å²) < 4.78 is 14.3. The van der Waals surface area contributed by atoms with Crippen LogP contribution in [0.4, 0.5) is 10.1 Å². The number of imide groups is 1. The number of hydrogen-bond acceptors (Lipinski definition) is 5. The Balaban J connectivity index is 0.918. The highest BCUT2D eigenvalue weighted by atomic mass is 19.1. The maximum absolute atomic E-state index is 14.3. The van der Waals surface area contributed by atoms with Crippen LogP contribution in [-0.2, 0) is 16.1 Å². The predicted molar refractivity (Wildman–Crippen MR) is 143 cm³/mol. The van der Waals surface area contributed by atoms with Gasteiger partial charge in [0, 0.05) is 41.9 Å². The second kappa shape index (κ2) is 10.6. The Labute approximate surface area is 224 Å². The van der Waals surface area contributed by atoms with Crippen LogP contribution in [-0.4, -0.2) is 47.3 Å². The largest absolute Gasteiger partial charge is 0.385 e. The number of benzene rings is 1. The quantitative estimate of drug-likeness (QED) is 0.293. The molecule has 1 unspecified atom stereocenters. The van der Waals surface area contributed by atoms with E-state index in [1.165, 1.54) is 74.8 Å². The van der Waals surface area contributed by atoms with Crippen LogP contribution in [0.25, 0.3) is 0 Å². The number of hydrogen-bond donors (Lipinski definition) is 3. The second-order valence-electron chi connectivity index (χ2n) is 12.7. The van der Waals surface area contributed by atoms with E-state index in [1.54, 1.807) is 0 Å². The number of anilines is 1. The normalized spacial score (nSPS) is 31.6. The van der Waals surface area contributed by atoms with Crippen LogP contribution in [0.3, 0.4) is 0 Å². The number of carbonyl (C=O) groups excluding carboxylic acids is 3. The fourth-order valence-corrected chi connectivity index (χ4v) is 8.47. The lowest BCUT2D eigenvalue weighted by Crippen LogP contribution is -2.58. The summed E-state index contributed by atoms with van der Waals surface area (Å²) in [5.74, 6) is 1.38. The van der Waals surface area contributed by atoms with Crippen molar-refractivity contribution in [3.8, 4) is 0 Å². The molecule has 4 saturated carbocycles. The summed E-state index contributed by atoms with van der Waals surface area (Å²) in [6.07, 6.45) is 14.9. The molecule has 0 spiro atoms. The lowest BCUT2D eigenvalue weighted by atomic mass is 9.53. The zero-order chi connectivity index (χ0) is 26.3. The molecule has 206 valence electrons. The molecule has 5 fully saturated rings. The molecule has 6 aliphatic rings. The number of nitrogens with zero attached hydrogens (tertiary/aromatic N) is 1. The number of rotatable bonds is 11. The highest BCUT2D eigenvalue weighted by molar-refractivity contribution is 6.06. The second-order valence-corrected chi connectivity index (χ2v) is 12.7. The number of halogens is 1. The third-order valence-corrected chi connectivity index (χ3v) is 9.83. The standard InChI is InChI=1S/C30H41FN4O3/c31-22-13-23-24(18-35(29(23)38)26-6-7-27(36)34-28(26)37)25(14-22)32-8-4-2-1-3-5-9-33-30-15-19-10-20(16-30)12-21(11-19)17-30/h13-14,19-21,26,32-33H,1-12,15-18H2,(H,34,36,37). The Hall–Kier alpha value is -2.48. The summed E-state index contributed by atoms with van der Waals surface area (Å²) in [6.45, 7) is 2.10. The minimum atomic E-state index is -0.694. The lowest BCUT2D eigenvalue weighted by molar-refractivity contribution is -0.136. The molecular formula is C30H41FN4O3. The maximum atomic E-state index is 14.3. The zero-order valence-electron chi connectivity index (χ0n) is 22.3. The van der Waals surface area contributed by atoms with Gasteiger partial charge in [0.1, 0.15) is 11.9 Å². The van der Waals surface area contributed by atoms with Crippen molar-refractivity contribution in [3.05, 3.63) is 29.1 Å². The van der Waals surface area contributed by atoms with Gasteiger partial charge in [0.25, 0.3) is 5.91 Å². The molecule has 1 aromatic carbocycles. The van der Waals surface area contributed by atoms with Crippen molar-refractivity contribution in [2.75, 3.05) is 18.4 Å². The van der Waals surface area contributed by atoms with Gasteiger partial charge in [0.2, 0.25) is 11.8 Å². The fraction of sp³-hybridized carbons (Fsp3) is 0.700. The minimum absolute atomic E-state index is 0.203. The first kappa shape index (κ1) is 25.8. The van der Waals surface area contributed by atoms with Gasteiger partial charge in [0.05, 0.1) is 0 Å². The molecule has 0 radical (unpaired) electrons. The molecule has 2 aliphatic heterocycles. The lowest BCUT2D eigenvalue weighted by Gasteiger charge is -2.57. The first-order chi connectivity index (χ1) is 18.4. The smallest absolute Gasteiger partial charge is 0.255 e. The van der Waals surface area contributed by atoms with E-state index in [0.717, 1.165) is 42.7 Å². The average Bonchev–Trinajstić information content (AvgIpc) is 3.18. The van der Waals surface area contributed by atoms with Crippen molar-refractivity contribution in [3.63, 3.8) is 0 Å². The van der Waals surface area contributed by atoms with Gasteiger partial charge < -0.3 is 15.5 Å².